The summed E-state index contributed by atoms with van der Waals surface area (Å²) in [6.07, 6.45) is 0.113. The highest BCUT2D eigenvalue weighted by Gasteiger charge is 2.37. The molecule has 0 aromatic heterocycles. The van der Waals surface area contributed by atoms with Gasteiger partial charge in [0.1, 0.15) is 11.8 Å². The van der Waals surface area contributed by atoms with Crippen LogP contribution in [0, 0.1) is 5.92 Å². The fourth-order valence-corrected chi connectivity index (χ4v) is 4.05. The number of carbonyl (C=O) groups is 4. The smallest absolute Gasteiger partial charge is 0.328 e. The van der Waals surface area contributed by atoms with E-state index in [2.05, 4.69) is 10.6 Å². The van der Waals surface area contributed by atoms with Crippen LogP contribution in [0.5, 0.6) is 0 Å². The molecule has 0 heterocycles. The molecule has 0 aliphatic heterocycles. The van der Waals surface area contributed by atoms with Gasteiger partial charge in [0.2, 0.25) is 0 Å². The van der Waals surface area contributed by atoms with Crippen LogP contribution in [-0.4, -0.2) is 47.9 Å². The first kappa shape index (κ1) is 24.1. The normalized spacial score (nSPS) is 18.5. The molecule has 8 heteroatoms. The predicted molar refractivity (Wildman–Crippen MR) is 120 cm³/mol. The summed E-state index contributed by atoms with van der Waals surface area (Å²) in [5.74, 6) is -2.37. The van der Waals surface area contributed by atoms with Gasteiger partial charge in [0.15, 0.2) is 6.10 Å². The van der Waals surface area contributed by atoms with Gasteiger partial charge in [0, 0.05) is 18.4 Å². The van der Waals surface area contributed by atoms with Crippen LogP contribution in [0.15, 0.2) is 60.7 Å². The second-order valence-corrected chi connectivity index (χ2v) is 8.08. The van der Waals surface area contributed by atoms with E-state index in [1.165, 1.54) is 7.11 Å². The van der Waals surface area contributed by atoms with Crippen molar-refractivity contribution in [2.24, 2.45) is 5.92 Å². The van der Waals surface area contributed by atoms with E-state index in [1.54, 1.807) is 60.7 Å². The first-order chi connectivity index (χ1) is 15.9. The fourth-order valence-electron chi connectivity index (χ4n) is 4.05. The highest BCUT2D eigenvalue weighted by Crippen LogP contribution is 2.26. The van der Waals surface area contributed by atoms with Gasteiger partial charge in [-0.25, -0.2) is 4.79 Å². The summed E-state index contributed by atoms with van der Waals surface area (Å²) in [7, 11) is 1.20. The zero-order valence-corrected chi connectivity index (χ0v) is 18.4. The highest BCUT2D eigenvalue weighted by molar-refractivity contribution is 5.95. The third-order valence-electron chi connectivity index (χ3n) is 5.81. The molecule has 1 aliphatic rings. The van der Waals surface area contributed by atoms with E-state index in [0.29, 0.717) is 30.4 Å². The van der Waals surface area contributed by atoms with Crippen molar-refractivity contribution in [2.45, 2.75) is 43.9 Å². The van der Waals surface area contributed by atoms with Crippen molar-refractivity contribution in [3.05, 3.63) is 71.8 Å². The van der Waals surface area contributed by atoms with Crippen LogP contribution in [0.1, 0.15) is 47.6 Å². The van der Waals surface area contributed by atoms with Crippen LogP contribution in [0.3, 0.4) is 0 Å². The topological polar surface area (TPSA) is 122 Å². The molecule has 0 radical (unpaired) electrons. The lowest BCUT2D eigenvalue weighted by Crippen LogP contribution is -2.53. The van der Waals surface area contributed by atoms with E-state index in [1.807, 2.05) is 0 Å². The molecule has 2 aromatic carbocycles. The number of ether oxygens (including phenoxy) is 1. The van der Waals surface area contributed by atoms with Crippen molar-refractivity contribution in [1.82, 2.24) is 10.6 Å². The van der Waals surface area contributed by atoms with Crippen molar-refractivity contribution in [3.8, 4) is 0 Å². The second kappa shape index (κ2) is 11.4. The lowest BCUT2D eigenvalue weighted by atomic mass is 9.83. The van der Waals surface area contributed by atoms with Gasteiger partial charge in [0.25, 0.3) is 11.8 Å². The van der Waals surface area contributed by atoms with Crippen LogP contribution >= 0.6 is 0 Å². The third kappa shape index (κ3) is 6.26. The molecule has 3 rings (SSSR count). The molecule has 0 unspecified atom stereocenters. The van der Waals surface area contributed by atoms with Crippen molar-refractivity contribution in [2.75, 3.05) is 7.11 Å². The summed E-state index contributed by atoms with van der Waals surface area (Å²) in [4.78, 5) is 50.1. The number of carbonyl (C=O) groups excluding carboxylic acids is 4. The zero-order valence-electron chi connectivity index (χ0n) is 18.4. The summed E-state index contributed by atoms with van der Waals surface area (Å²) in [6.45, 7) is 0. The Bertz CT molecular complexity index is 979. The Hall–Kier alpha value is -3.52. The molecular formula is C25H28N2O6. The number of Topliss-reactive ketones (excluding diaryl/α,β-unsaturated/α-hetero) is 1. The third-order valence-corrected chi connectivity index (χ3v) is 5.81. The van der Waals surface area contributed by atoms with E-state index in [-0.39, 0.29) is 12.2 Å². The van der Waals surface area contributed by atoms with Crippen LogP contribution in [0.2, 0.25) is 0 Å². The van der Waals surface area contributed by atoms with Crippen molar-refractivity contribution in [3.63, 3.8) is 0 Å². The number of aliphatic hydroxyl groups is 1. The van der Waals surface area contributed by atoms with Gasteiger partial charge in [-0.2, -0.15) is 0 Å². The van der Waals surface area contributed by atoms with Crippen LogP contribution < -0.4 is 10.6 Å². The maximum atomic E-state index is 13.0. The van der Waals surface area contributed by atoms with Crippen LogP contribution in [-0.2, 0) is 19.1 Å². The quantitative estimate of drug-likeness (QED) is 0.526. The number of amides is 2. The maximum absolute atomic E-state index is 13.0. The van der Waals surface area contributed by atoms with Crippen molar-refractivity contribution >= 4 is 23.6 Å². The summed E-state index contributed by atoms with van der Waals surface area (Å²) >= 11 is 0. The minimum atomic E-state index is -1.69. The molecule has 174 valence electrons. The Morgan fingerprint density at radius 3 is 2.24 bits per heavy atom. The summed E-state index contributed by atoms with van der Waals surface area (Å²) in [6, 6.07) is 14.9. The van der Waals surface area contributed by atoms with Gasteiger partial charge >= 0.3 is 5.97 Å². The Morgan fingerprint density at radius 2 is 1.64 bits per heavy atom. The van der Waals surface area contributed by atoms with E-state index < -0.39 is 41.9 Å². The van der Waals surface area contributed by atoms with Crippen LogP contribution in [0.4, 0.5) is 0 Å². The van der Waals surface area contributed by atoms with E-state index >= 15 is 0 Å². The molecule has 1 fully saturated rings. The number of esters is 1. The lowest BCUT2D eigenvalue weighted by molar-refractivity contribution is -0.149. The molecule has 2 aromatic rings. The number of ketones is 1. The first-order valence-corrected chi connectivity index (χ1v) is 10.9. The molecule has 8 nitrogen and oxygen atoms in total. The minimum Gasteiger partial charge on any atom is -0.467 e. The van der Waals surface area contributed by atoms with Gasteiger partial charge in [-0.3, -0.25) is 14.4 Å². The van der Waals surface area contributed by atoms with Gasteiger partial charge in [0.05, 0.1) is 13.2 Å². The van der Waals surface area contributed by atoms with Gasteiger partial charge in [-0.15, -0.1) is 0 Å². The molecule has 0 bridgehead atoms. The van der Waals surface area contributed by atoms with Gasteiger partial charge in [-0.1, -0.05) is 48.5 Å². The molecule has 3 N–H and O–H groups in total. The predicted octanol–water partition coefficient (Wildman–Crippen LogP) is 1.94. The minimum absolute atomic E-state index is 0.0206. The summed E-state index contributed by atoms with van der Waals surface area (Å²) in [5, 5.41) is 16.2. The number of rotatable bonds is 8. The molecule has 1 aliphatic carbocycles. The highest BCUT2D eigenvalue weighted by atomic mass is 16.5. The van der Waals surface area contributed by atoms with E-state index in [9.17, 15) is 24.3 Å². The molecule has 1 saturated carbocycles. The number of hydrogen-bond donors (Lipinski definition) is 3. The molecule has 2 amide bonds. The number of benzene rings is 2. The largest absolute Gasteiger partial charge is 0.467 e. The molecule has 0 spiro atoms. The van der Waals surface area contributed by atoms with Crippen molar-refractivity contribution in [1.29, 1.82) is 0 Å². The standard InChI is InChI=1S/C25H28N2O6/c1-33-25(32)21(18-13-8-14-19(28)15-18)27-24(31)22(29)20(16-9-4-2-5-10-16)26-23(30)17-11-6-3-7-12-17/h2-7,9-12,18,20-22,29H,8,13-15H2,1H3,(H,26,30)(H,27,31)/t18-,20-,21+,22+/m0/s1. The second-order valence-electron chi connectivity index (χ2n) is 8.08. The van der Waals surface area contributed by atoms with E-state index in [0.717, 1.165) is 0 Å². The Labute approximate surface area is 192 Å². The number of methoxy groups -OCH3 is 1. The van der Waals surface area contributed by atoms with E-state index in [4.69, 9.17) is 4.74 Å². The monoisotopic (exact) mass is 452 g/mol. The average Bonchev–Trinajstić information content (AvgIpc) is 2.85. The Kier molecular flexibility index (Phi) is 8.32. The molecular weight excluding hydrogens is 424 g/mol. The molecule has 4 atom stereocenters. The Morgan fingerprint density at radius 1 is 1.00 bits per heavy atom. The van der Waals surface area contributed by atoms with Crippen molar-refractivity contribution < 1.29 is 29.0 Å². The fraction of sp³-hybridized carbons (Fsp3) is 0.360. The lowest BCUT2D eigenvalue weighted by Gasteiger charge is -2.30. The maximum Gasteiger partial charge on any atom is 0.328 e. The SMILES string of the molecule is COC(=O)[C@H](NC(=O)[C@H](O)[C@@H](NC(=O)c1ccccc1)c1ccccc1)[C@H]1CCCC(=O)C1. The molecule has 33 heavy (non-hydrogen) atoms. The number of nitrogens with one attached hydrogen (secondary N) is 2. The first-order valence-electron chi connectivity index (χ1n) is 10.9. The van der Waals surface area contributed by atoms with Crippen LogP contribution in [0.25, 0.3) is 0 Å². The number of hydrogen-bond acceptors (Lipinski definition) is 6. The summed E-state index contributed by atoms with van der Waals surface area (Å²) < 4.78 is 4.83. The Balaban J connectivity index is 1.80. The number of aliphatic hydroxyl groups excluding tert-OH is 1. The summed E-state index contributed by atoms with van der Waals surface area (Å²) in [5.41, 5.74) is 0.895. The average molecular weight is 453 g/mol. The van der Waals surface area contributed by atoms with Gasteiger partial charge < -0.3 is 20.5 Å². The van der Waals surface area contributed by atoms with Gasteiger partial charge in [-0.05, 0) is 36.5 Å². The zero-order chi connectivity index (χ0) is 23.8. The molecule has 0 saturated heterocycles.